The average Bonchev–Trinajstić information content (AvgIpc) is 2.03. The topological polar surface area (TPSA) is 32.3 Å². The SMILES string of the molecule is C[S@@](=O)CCN1CCNCC1. The summed E-state index contributed by atoms with van der Waals surface area (Å²) in [6, 6.07) is 0. The fraction of sp³-hybridized carbons (Fsp3) is 1.00. The van der Waals surface area contributed by atoms with Crippen molar-refractivity contribution >= 4 is 10.8 Å². The van der Waals surface area contributed by atoms with Gasteiger partial charge in [-0.1, -0.05) is 0 Å². The summed E-state index contributed by atoms with van der Waals surface area (Å²) in [6.45, 7) is 5.37. The Hall–Kier alpha value is 0.0700. The molecular weight excluding hydrogens is 160 g/mol. The van der Waals surface area contributed by atoms with E-state index in [9.17, 15) is 4.21 Å². The molecule has 3 nitrogen and oxygen atoms in total. The van der Waals surface area contributed by atoms with Gasteiger partial charge in [-0.3, -0.25) is 9.11 Å². The Labute approximate surface area is 70.6 Å². The molecule has 11 heavy (non-hydrogen) atoms. The maximum atomic E-state index is 10.8. The van der Waals surface area contributed by atoms with Gasteiger partial charge < -0.3 is 5.32 Å². The zero-order valence-electron chi connectivity index (χ0n) is 7.01. The molecule has 0 aliphatic carbocycles. The van der Waals surface area contributed by atoms with Crippen LogP contribution in [0, 0.1) is 0 Å². The third-order valence-electron chi connectivity index (χ3n) is 1.90. The van der Waals surface area contributed by atoms with Crippen molar-refractivity contribution in [1.29, 1.82) is 0 Å². The first-order valence-corrected chi connectivity index (χ1v) is 5.75. The highest BCUT2D eigenvalue weighted by molar-refractivity contribution is 7.84. The van der Waals surface area contributed by atoms with Gasteiger partial charge in [0.2, 0.25) is 0 Å². The molecule has 1 atom stereocenters. The van der Waals surface area contributed by atoms with Crippen LogP contribution in [0.25, 0.3) is 0 Å². The van der Waals surface area contributed by atoms with Gasteiger partial charge in [-0.15, -0.1) is 0 Å². The number of piperazine rings is 1. The number of rotatable bonds is 3. The highest BCUT2D eigenvalue weighted by Gasteiger charge is 2.08. The second kappa shape index (κ2) is 4.85. The molecule has 0 unspecified atom stereocenters. The number of hydrogen-bond acceptors (Lipinski definition) is 3. The molecule has 1 heterocycles. The van der Waals surface area contributed by atoms with Crippen LogP contribution < -0.4 is 5.32 Å². The van der Waals surface area contributed by atoms with Crippen LogP contribution in [-0.4, -0.2) is 53.8 Å². The first-order valence-electron chi connectivity index (χ1n) is 4.02. The summed E-state index contributed by atoms with van der Waals surface area (Å²) in [5.74, 6) is 0.819. The quantitative estimate of drug-likeness (QED) is 0.615. The Kier molecular flexibility index (Phi) is 4.04. The van der Waals surface area contributed by atoms with E-state index in [4.69, 9.17) is 0 Å². The molecule has 0 aromatic heterocycles. The van der Waals surface area contributed by atoms with Gasteiger partial charge in [0.25, 0.3) is 0 Å². The van der Waals surface area contributed by atoms with Crippen molar-refractivity contribution in [1.82, 2.24) is 10.2 Å². The van der Waals surface area contributed by atoms with Crippen LogP contribution in [0.5, 0.6) is 0 Å². The molecular formula is C7H16N2OS. The molecule has 1 rings (SSSR count). The molecule has 0 radical (unpaired) electrons. The van der Waals surface area contributed by atoms with E-state index < -0.39 is 10.8 Å². The second-order valence-corrected chi connectivity index (χ2v) is 4.42. The molecule has 0 aromatic rings. The van der Waals surface area contributed by atoms with Crippen LogP contribution in [0.1, 0.15) is 0 Å². The summed E-state index contributed by atoms with van der Waals surface area (Å²) in [5, 5.41) is 3.28. The molecule has 1 aliphatic heterocycles. The Balaban J connectivity index is 2.09. The van der Waals surface area contributed by atoms with E-state index in [-0.39, 0.29) is 0 Å². The van der Waals surface area contributed by atoms with Crippen LogP contribution >= 0.6 is 0 Å². The van der Waals surface area contributed by atoms with Crippen molar-refractivity contribution in [3.63, 3.8) is 0 Å². The van der Waals surface area contributed by atoms with Gasteiger partial charge in [0, 0.05) is 55.5 Å². The summed E-state index contributed by atoms with van der Waals surface area (Å²) in [5.41, 5.74) is 0. The van der Waals surface area contributed by atoms with E-state index in [2.05, 4.69) is 10.2 Å². The van der Waals surface area contributed by atoms with Crippen LogP contribution in [-0.2, 0) is 10.8 Å². The highest BCUT2D eigenvalue weighted by Crippen LogP contribution is 1.91. The first kappa shape index (κ1) is 9.16. The standard InChI is InChI=1S/C7H16N2OS/c1-11(10)7-6-9-4-2-8-3-5-9/h8H,2-7H2,1H3/t11-/m1/s1. The van der Waals surface area contributed by atoms with Crippen LogP contribution in [0.4, 0.5) is 0 Å². The molecule has 0 amide bonds. The zero-order chi connectivity index (χ0) is 8.10. The molecule has 0 saturated carbocycles. The van der Waals surface area contributed by atoms with Crippen molar-refractivity contribution < 1.29 is 4.21 Å². The van der Waals surface area contributed by atoms with Gasteiger partial charge in [0.15, 0.2) is 0 Å². The van der Waals surface area contributed by atoms with Gasteiger partial charge >= 0.3 is 0 Å². The minimum Gasteiger partial charge on any atom is -0.314 e. The van der Waals surface area contributed by atoms with Crippen molar-refractivity contribution in [2.45, 2.75) is 0 Å². The molecule has 1 N–H and O–H groups in total. The largest absolute Gasteiger partial charge is 0.314 e. The molecule has 1 saturated heterocycles. The Bertz CT molecular complexity index is 134. The monoisotopic (exact) mass is 176 g/mol. The summed E-state index contributed by atoms with van der Waals surface area (Å²) >= 11 is 0. The Morgan fingerprint density at radius 3 is 2.64 bits per heavy atom. The average molecular weight is 176 g/mol. The maximum absolute atomic E-state index is 10.8. The molecule has 66 valence electrons. The summed E-state index contributed by atoms with van der Waals surface area (Å²) < 4.78 is 10.8. The zero-order valence-corrected chi connectivity index (χ0v) is 7.82. The lowest BCUT2D eigenvalue weighted by molar-refractivity contribution is 0.254. The first-order chi connectivity index (χ1) is 5.29. The van der Waals surface area contributed by atoms with E-state index in [1.54, 1.807) is 6.26 Å². The maximum Gasteiger partial charge on any atom is 0.0359 e. The van der Waals surface area contributed by atoms with E-state index in [0.29, 0.717) is 0 Å². The smallest absolute Gasteiger partial charge is 0.0359 e. The van der Waals surface area contributed by atoms with Crippen LogP contribution in [0.2, 0.25) is 0 Å². The minimum absolute atomic E-state index is 0.629. The predicted octanol–water partition coefficient (Wildman–Crippen LogP) is -0.730. The van der Waals surface area contributed by atoms with Crippen molar-refractivity contribution in [2.24, 2.45) is 0 Å². The fourth-order valence-corrected chi connectivity index (χ4v) is 1.71. The highest BCUT2D eigenvalue weighted by atomic mass is 32.2. The third kappa shape index (κ3) is 3.84. The van der Waals surface area contributed by atoms with Gasteiger partial charge in [-0.25, -0.2) is 0 Å². The van der Waals surface area contributed by atoms with E-state index in [1.165, 1.54) is 0 Å². The molecule has 1 aliphatic rings. The molecule has 0 bridgehead atoms. The summed E-state index contributed by atoms with van der Waals surface area (Å²) in [7, 11) is -0.629. The minimum atomic E-state index is -0.629. The lowest BCUT2D eigenvalue weighted by Crippen LogP contribution is -2.44. The summed E-state index contributed by atoms with van der Waals surface area (Å²) in [4.78, 5) is 2.36. The third-order valence-corrected chi connectivity index (χ3v) is 2.66. The number of nitrogens with one attached hydrogen (secondary N) is 1. The normalized spacial score (nSPS) is 23.4. The number of nitrogens with zero attached hydrogens (tertiary/aromatic N) is 1. The Morgan fingerprint density at radius 2 is 2.09 bits per heavy atom. The summed E-state index contributed by atoms with van der Waals surface area (Å²) in [6.07, 6.45) is 1.77. The van der Waals surface area contributed by atoms with E-state index in [0.717, 1.165) is 38.5 Å². The lowest BCUT2D eigenvalue weighted by atomic mass is 10.4. The van der Waals surface area contributed by atoms with Gasteiger partial charge in [0.1, 0.15) is 0 Å². The van der Waals surface area contributed by atoms with Gasteiger partial charge in [-0.2, -0.15) is 0 Å². The van der Waals surface area contributed by atoms with Crippen LogP contribution in [0.15, 0.2) is 0 Å². The second-order valence-electron chi connectivity index (χ2n) is 2.87. The lowest BCUT2D eigenvalue weighted by Gasteiger charge is -2.26. The molecule has 0 spiro atoms. The van der Waals surface area contributed by atoms with Gasteiger partial charge in [-0.05, 0) is 0 Å². The molecule has 0 aromatic carbocycles. The van der Waals surface area contributed by atoms with Crippen molar-refractivity contribution in [3.8, 4) is 0 Å². The van der Waals surface area contributed by atoms with E-state index in [1.807, 2.05) is 0 Å². The molecule has 4 heteroatoms. The fourth-order valence-electron chi connectivity index (χ4n) is 1.19. The molecule has 1 fully saturated rings. The van der Waals surface area contributed by atoms with Crippen molar-refractivity contribution in [2.75, 3.05) is 44.7 Å². The van der Waals surface area contributed by atoms with E-state index >= 15 is 0 Å². The van der Waals surface area contributed by atoms with Gasteiger partial charge in [0.05, 0.1) is 0 Å². The van der Waals surface area contributed by atoms with Crippen molar-refractivity contribution in [3.05, 3.63) is 0 Å². The predicted molar refractivity (Wildman–Crippen MR) is 48.2 cm³/mol. The Morgan fingerprint density at radius 1 is 1.45 bits per heavy atom. The van der Waals surface area contributed by atoms with Crippen LogP contribution in [0.3, 0.4) is 0 Å². The number of hydrogen-bond donors (Lipinski definition) is 1.